The number of aromatic nitrogens is 2. The van der Waals surface area contributed by atoms with Gasteiger partial charge in [-0.15, -0.1) is 0 Å². The maximum Gasteiger partial charge on any atom is 0.0487 e. The minimum absolute atomic E-state index is 0.768. The molecule has 3 heterocycles. The highest BCUT2D eigenvalue weighted by molar-refractivity contribution is 7.08. The van der Waals surface area contributed by atoms with Crippen molar-refractivity contribution in [2.24, 2.45) is 5.92 Å². The Hall–Kier alpha value is -2.14. The highest BCUT2D eigenvalue weighted by Crippen LogP contribution is 2.34. The van der Waals surface area contributed by atoms with E-state index in [1.54, 1.807) is 11.3 Å². The Kier molecular flexibility index (Phi) is 10.8. The molecule has 0 bridgehead atoms. The molecule has 0 aliphatic carbocycles. The van der Waals surface area contributed by atoms with Crippen molar-refractivity contribution in [2.75, 3.05) is 20.1 Å². The Morgan fingerprint density at radius 1 is 1.00 bits per heavy atom. The second-order valence-electron chi connectivity index (χ2n) is 9.71. The van der Waals surface area contributed by atoms with Gasteiger partial charge in [-0.2, -0.15) is 11.3 Å². The van der Waals surface area contributed by atoms with Crippen LogP contribution in [0.15, 0.2) is 59.7 Å². The van der Waals surface area contributed by atoms with E-state index in [0.29, 0.717) is 0 Å². The lowest BCUT2D eigenvalue weighted by atomic mass is 10.0. The molecule has 0 saturated carbocycles. The molecule has 0 atom stereocenters. The van der Waals surface area contributed by atoms with E-state index in [9.17, 15) is 0 Å². The van der Waals surface area contributed by atoms with Gasteiger partial charge in [0, 0.05) is 57.8 Å². The van der Waals surface area contributed by atoms with Gasteiger partial charge in [-0.3, -0.25) is 4.98 Å². The van der Waals surface area contributed by atoms with Crippen molar-refractivity contribution in [3.05, 3.63) is 64.7 Å². The van der Waals surface area contributed by atoms with Crippen molar-refractivity contribution in [1.29, 1.82) is 0 Å². The number of aryl methyl sites for hydroxylation is 1. The molecule has 0 N–H and O–H groups in total. The number of unbranched alkanes of at least 4 members (excludes halogenated alkanes) is 1. The SMILES string of the molecule is CCCCn1cc(-c2cncc(-c3ccsc3)c2)c2cc(Cl)ccc21.CCCN(C)CCC(C)C. The van der Waals surface area contributed by atoms with Crippen LogP contribution >= 0.6 is 22.9 Å². The van der Waals surface area contributed by atoms with E-state index >= 15 is 0 Å². The maximum atomic E-state index is 6.28. The molecule has 4 aromatic rings. The third kappa shape index (κ3) is 7.93. The van der Waals surface area contributed by atoms with Gasteiger partial charge in [0.2, 0.25) is 0 Å². The highest BCUT2D eigenvalue weighted by atomic mass is 35.5. The molecule has 0 saturated heterocycles. The van der Waals surface area contributed by atoms with Gasteiger partial charge in [0.05, 0.1) is 0 Å². The number of rotatable bonds is 10. The monoisotopic (exact) mass is 509 g/mol. The summed E-state index contributed by atoms with van der Waals surface area (Å²) < 4.78 is 2.34. The first-order chi connectivity index (χ1) is 16.9. The number of hydrogen-bond donors (Lipinski definition) is 0. The van der Waals surface area contributed by atoms with Crippen molar-refractivity contribution in [1.82, 2.24) is 14.5 Å². The first-order valence-electron chi connectivity index (χ1n) is 12.9. The summed E-state index contributed by atoms with van der Waals surface area (Å²) in [5.41, 5.74) is 5.92. The summed E-state index contributed by atoms with van der Waals surface area (Å²) in [6.07, 6.45) is 11.1. The largest absolute Gasteiger partial charge is 0.347 e. The minimum Gasteiger partial charge on any atom is -0.347 e. The van der Waals surface area contributed by atoms with Crippen molar-refractivity contribution in [2.45, 2.75) is 59.9 Å². The molecule has 35 heavy (non-hydrogen) atoms. The fraction of sp³-hybridized carbons (Fsp3) is 0.433. The number of nitrogens with zero attached hydrogens (tertiary/aromatic N) is 3. The summed E-state index contributed by atoms with van der Waals surface area (Å²) in [6.45, 7) is 12.5. The first-order valence-corrected chi connectivity index (χ1v) is 14.2. The number of fused-ring (bicyclic) bond motifs is 1. The number of pyridine rings is 1. The van der Waals surface area contributed by atoms with Gasteiger partial charge < -0.3 is 9.47 Å². The lowest BCUT2D eigenvalue weighted by Crippen LogP contribution is -2.21. The van der Waals surface area contributed by atoms with Gasteiger partial charge >= 0.3 is 0 Å². The van der Waals surface area contributed by atoms with Crippen LogP contribution in [0.1, 0.15) is 53.4 Å². The molecule has 0 aliphatic heterocycles. The highest BCUT2D eigenvalue weighted by Gasteiger charge is 2.12. The van der Waals surface area contributed by atoms with Crippen LogP contribution < -0.4 is 0 Å². The van der Waals surface area contributed by atoms with Crippen molar-refractivity contribution in [3.8, 4) is 22.3 Å². The number of halogens is 1. The summed E-state index contributed by atoms with van der Waals surface area (Å²) in [6, 6.07) is 10.5. The van der Waals surface area contributed by atoms with Crippen LogP contribution in [-0.4, -0.2) is 34.6 Å². The average Bonchev–Trinajstić information content (AvgIpc) is 3.51. The van der Waals surface area contributed by atoms with Crippen LogP contribution in [0.25, 0.3) is 33.2 Å². The molecule has 0 fully saturated rings. The predicted octanol–water partition coefficient (Wildman–Crippen LogP) is 9.26. The topological polar surface area (TPSA) is 21.1 Å². The molecule has 3 nitrogen and oxygen atoms in total. The van der Waals surface area contributed by atoms with Crippen LogP contribution in [0.4, 0.5) is 0 Å². The van der Waals surface area contributed by atoms with E-state index in [4.69, 9.17) is 11.6 Å². The van der Waals surface area contributed by atoms with E-state index in [0.717, 1.165) is 28.6 Å². The van der Waals surface area contributed by atoms with Crippen LogP contribution in [-0.2, 0) is 6.54 Å². The maximum absolute atomic E-state index is 6.28. The van der Waals surface area contributed by atoms with Gasteiger partial charge in [-0.25, -0.2) is 0 Å². The lowest BCUT2D eigenvalue weighted by Gasteiger charge is -2.16. The van der Waals surface area contributed by atoms with Gasteiger partial charge in [-0.1, -0.05) is 45.7 Å². The van der Waals surface area contributed by atoms with Crippen molar-refractivity contribution < 1.29 is 0 Å². The fourth-order valence-corrected chi connectivity index (χ4v) is 5.00. The molecule has 0 unspecified atom stereocenters. The zero-order chi connectivity index (χ0) is 25.2. The minimum atomic E-state index is 0.768. The van der Waals surface area contributed by atoms with Gasteiger partial charge in [0.1, 0.15) is 0 Å². The molecular weight excluding hydrogens is 470 g/mol. The van der Waals surface area contributed by atoms with Crippen LogP contribution in [0.5, 0.6) is 0 Å². The summed E-state index contributed by atoms with van der Waals surface area (Å²) in [5, 5.41) is 6.21. The van der Waals surface area contributed by atoms with E-state index < -0.39 is 0 Å². The normalized spacial score (nSPS) is 11.3. The Morgan fingerprint density at radius 3 is 2.49 bits per heavy atom. The summed E-state index contributed by atoms with van der Waals surface area (Å²) in [7, 11) is 2.20. The molecule has 0 spiro atoms. The Balaban J connectivity index is 0.000000292. The Bertz CT molecular complexity index is 1160. The third-order valence-electron chi connectivity index (χ3n) is 6.19. The smallest absolute Gasteiger partial charge is 0.0487 e. The van der Waals surface area contributed by atoms with Gasteiger partial charge in [0.25, 0.3) is 0 Å². The quantitative estimate of drug-likeness (QED) is 0.212. The van der Waals surface area contributed by atoms with Crippen LogP contribution in [0, 0.1) is 5.92 Å². The predicted molar refractivity (Wildman–Crippen MR) is 156 cm³/mol. The Morgan fingerprint density at radius 2 is 1.80 bits per heavy atom. The van der Waals surface area contributed by atoms with Gasteiger partial charge in [-0.05, 0) is 92.0 Å². The van der Waals surface area contributed by atoms with Crippen molar-refractivity contribution in [3.63, 3.8) is 0 Å². The molecule has 0 aliphatic rings. The summed E-state index contributed by atoms with van der Waals surface area (Å²) in [4.78, 5) is 6.88. The molecule has 5 heteroatoms. The number of benzene rings is 1. The number of hydrogen-bond acceptors (Lipinski definition) is 3. The standard InChI is InChI=1S/C21H19ClN2S.C9H21N/c1-2-3-7-24-13-20(19-10-18(22)4-5-21(19)24)17-9-16(11-23-12-17)15-6-8-25-14-15;1-5-7-10(4)8-6-9(2)3/h4-6,8-14H,2-3,7H2,1H3;9H,5-8H2,1-4H3. The van der Waals surface area contributed by atoms with Gasteiger partial charge in [0.15, 0.2) is 0 Å². The molecule has 3 aromatic heterocycles. The van der Waals surface area contributed by atoms with Crippen LogP contribution in [0.2, 0.25) is 5.02 Å². The zero-order valence-corrected chi connectivity index (χ0v) is 23.5. The lowest BCUT2D eigenvalue weighted by molar-refractivity contribution is 0.311. The first kappa shape index (κ1) is 27.4. The van der Waals surface area contributed by atoms with E-state index in [1.165, 1.54) is 60.8 Å². The molecular formula is C30H40ClN3S. The summed E-state index contributed by atoms with van der Waals surface area (Å²) >= 11 is 7.99. The average molecular weight is 510 g/mol. The van der Waals surface area contributed by atoms with Crippen LogP contribution in [0.3, 0.4) is 0 Å². The van der Waals surface area contributed by atoms with E-state index in [1.807, 2.05) is 18.5 Å². The molecule has 0 amide bonds. The summed E-state index contributed by atoms with van der Waals surface area (Å²) in [5.74, 6) is 0.847. The second kappa shape index (κ2) is 13.8. The fourth-order valence-electron chi connectivity index (χ4n) is 4.16. The van der Waals surface area contributed by atoms with E-state index in [2.05, 4.69) is 90.4 Å². The molecule has 0 radical (unpaired) electrons. The molecule has 4 rings (SSSR count). The number of thiophene rings is 1. The Labute approximate surface area is 220 Å². The zero-order valence-electron chi connectivity index (χ0n) is 21.9. The van der Waals surface area contributed by atoms with Crippen molar-refractivity contribution >= 4 is 33.8 Å². The van der Waals surface area contributed by atoms with E-state index in [-0.39, 0.29) is 0 Å². The molecule has 1 aromatic carbocycles. The third-order valence-corrected chi connectivity index (χ3v) is 7.11. The molecule has 188 valence electrons. The second-order valence-corrected chi connectivity index (χ2v) is 10.9.